The lowest BCUT2D eigenvalue weighted by Gasteiger charge is -2.09. The first-order valence-corrected chi connectivity index (χ1v) is 12.5. The number of carbonyl (C=O) groups is 3. The normalized spacial score (nSPS) is 10.5. The van der Waals surface area contributed by atoms with Crippen LogP contribution in [0.15, 0.2) is 84.9 Å². The highest BCUT2D eigenvalue weighted by molar-refractivity contribution is 5.93. The van der Waals surface area contributed by atoms with Crippen LogP contribution in [0.25, 0.3) is 10.8 Å². The predicted octanol–water partition coefficient (Wildman–Crippen LogP) is 6.14. The smallest absolute Gasteiger partial charge is 0.306 e. The van der Waals surface area contributed by atoms with Crippen molar-refractivity contribution in [2.24, 2.45) is 0 Å². The number of nitro benzene ring substituents is 1. The number of ether oxygens (including phenoxy) is 2. The summed E-state index contributed by atoms with van der Waals surface area (Å²) in [5, 5.41) is 18.4. The summed E-state index contributed by atoms with van der Waals surface area (Å²) in [6.07, 6.45) is 0.276. The van der Waals surface area contributed by atoms with E-state index in [-0.39, 0.29) is 36.5 Å². The van der Waals surface area contributed by atoms with Crippen LogP contribution in [0.2, 0.25) is 0 Å². The summed E-state index contributed by atoms with van der Waals surface area (Å²) in [6, 6.07) is 25.1. The number of hydrogen-bond acceptors (Lipinski definition) is 7. The van der Waals surface area contributed by atoms with Gasteiger partial charge in [0.25, 0.3) is 11.6 Å². The number of amides is 2. The lowest BCUT2D eigenvalue weighted by atomic mass is 10.1. The van der Waals surface area contributed by atoms with Gasteiger partial charge in [-0.15, -0.1) is 0 Å². The molecule has 0 atom stereocenters. The average molecular weight is 542 g/mol. The number of rotatable bonds is 11. The van der Waals surface area contributed by atoms with Crippen molar-refractivity contribution in [1.29, 1.82) is 0 Å². The van der Waals surface area contributed by atoms with Crippen molar-refractivity contribution in [2.45, 2.75) is 26.2 Å². The Bertz CT molecular complexity index is 1550. The molecule has 10 nitrogen and oxygen atoms in total. The number of esters is 1. The van der Waals surface area contributed by atoms with Gasteiger partial charge in [-0.05, 0) is 66.6 Å². The zero-order valence-corrected chi connectivity index (χ0v) is 21.7. The summed E-state index contributed by atoms with van der Waals surface area (Å²) in [5.74, 6) is -0.195. The van der Waals surface area contributed by atoms with E-state index in [1.807, 2.05) is 42.5 Å². The van der Waals surface area contributed by atoms with Gasteiger partial charge in [0.05, 0.1) is 4.92 Å². The molecular weight excluding hydrogens is 514 g/mol. The third-order valence-corrected chi connectivity index (χ3v) is 5.93. The maximum atomic E-state index is 12.3. The first kappa shape index (κ1) is 27.8. The van der Waals surface area contributed by atoms with Crippen LogP contribution in [-0.2, 0) is 19.1 Å². The van der Waals surface area contributed by atoms with Crippen LogP contribution in [0.4, 0.5) is 17.1 Å². The first-order valence-electron chi connectivity index (χ1n) is 12.5. The molecule has 0 fully saturated rings. The van der Waals surface area contributed by atoms with E-state index in [1.165, 1.54) is 18.2 Å². The number of aryl methyl sites for hydroxylation is 1. The van der Waals surface area contributed by atoms with Gasteiger partial charge in [-0.3, -0.25) is 24.5 Å². The molecule has 0 unspecified atom stereocenters. The molecule has 2 N–H and O–H groups in total. The molecule has 0 aliphatic carbocycles. The standard InChI is InChI=1S/C30H27N3O7/c1-20-9-11-24(18-27(20)33(37)38)32-29(35)19-39-30(36)8-4-7-28(34)31-23-12-15-25(16-13-23)40-26-14-10-21-5-2-3-6-22(21)17-26/h2-3,5-6,9-18H,4,7-8,19H2,1H3,(H,31,34)(H,32,35). The van der Waals surface area contributed by atoms with Gasteiger partial charge in [0.15, 0.2) is 6.61 Å². The largest absolute Gasteiger partial charge is 0.457 e. The number of nitrogens with zero attached hydrogens (tertiary/aromatic N) is 1. The van der Waals surface area contributed by atoms with E-state index in [9.17, 15) is 24.5 Å². The SMILES string of the molecule is Cc1ccc(NC(=O)COC(=O)CCCC(=O)Nc2ccc(Oc3ccc4ccccc4c3)cc2)cc1[N+](=O)[O-]. The molecule has 0 aliphatic rings. The lowest BCUT2D eigenvalue weighted by molar-refractivity contribution is -0.385. The van der Waals surface area contributed by atoms with Crippen LogP contribution in [0.3, 0.4) is 0 Å². The quantitative estimate of drug-likeness (QED) is 0.132. The van der Waals surface area contributed by atoms with Crippen molar-refractivity contribution in [3.8, 4) is 11.5 Å². The van der Waals surface area contributed by atoms with Crippen molar-refractivity contribution >= 4 is 45.6 Å². The number of anilines is 2. The van der Waals surface area contributed by atoms with Gasteiger partial charge in [0, 0.05) is 35.8 Å². The minimum Gasteiger partial charge on any atom is -0.457 e. The fourth-order valence-corrected chi connectivity index (χ4v) is 3.89. The van der Waals surface area contributed by atoms with E-state index >= 15 is 0 Å². The Balaban J connectivity index is 1.15. The van der Waals surface area contributed by atoms with Gasteiger partial charge in [0.1, 0.15) is 11.5 Å². The minimum absolute atomic E-state index is 0.0464. The molecule has 10 heteroatoms. The Hall–Kier alpha value is -5.25. The monoisotopic (exact) mass is 541 g/mol. The van der Waals surface area contributed by atoms with Crippen LogP contribution in [0.1, 0.15) is 24.8 Å². The van der Waals surface area contributed by atoms with Gasteiger partial charge in [0.2, 0.25) is 5.91 Å². The van der Waals surface area contributed by atoms with Gasteiger partial charge in [-0.1, -0.05) is 36.4 Å². The third-order valence-electron chi connectivity index (χ3n) is 5.93. The Labute approximate surface area is 230 Å². The van der Waals surface area contributed by atoms with Crippen molar-refractivity contribution < 1.29 is 28.8 Å². The zero-order valence-electron chi connectivity index (χ0n) is 21.7. The van der Waals surface area contributed by atoms with Gasteiger partial charge in [-0.2, -0.15) is 0 Å². The molecule has 0 spiro atoms. The molecule has 0 aromatic heterocycles. The third kappa shape index (κ3) is 7.87. The molecule has 0 radical (unpaired) electrons. The summed E-state index contributed by atoms with van der Waals surface area (Å²) < 4.78 is 10.8. The Kier molecular flexibility index (Phi) is 9.03. The summed E-state index contributed by atoms with van der Waals surface area (Å²) in [6.45, 7) is 1.05. The van der Waals surface area contributed by atoms with E-state index in [0.717, 1.165) is 10.8 Å². The second-order valence-electron chi connectivity index (χ2n) is 9.00. The Morgan fingerprint density at radius 1 is 0.775 bits per heavy atom. The van der Waals surface area contributed by atoms with E-state index in [0.29, 0.717) is 22.7 Å². The number of benzene rings is 4. The second kappa shape index (κ2) is 13.0. The number of nitro groups is 1. The fraction of sp³-hybridized carbons (Fsp3) is 0.167. The molecule has 4 aromatic carbocycles. The topological polar surface area (TPSA) is 137 Å². The van der Waals surface area contributed by atoms with Crippen LogP contribution in [0, 0.1) is 17.0 Å². The van der Waals surface area contributed by atoms with E-state index < -0.39 is 23.4 Å². The van der Waals surface area contributed by atoms with Crippen LogP contribution < -0.4 is 15.4 Å². The van der Waals surface area contributed by atoms with Crippen molar-refractivity contribution in [3.05, 3.63) is 101 Å². The van der Waals surface area contributed by atoms with Crippen molar-refractivity contribution in [3.63, 3.8) is 0 Å². The number of hydrogen-bond donors (Lipinski definition) is 2. The van der Waals surface area contributed by atoms with E-state index in [4.69, 9.17) is 9.47 Å². The van der Waals surface area contributed by atoms with Crippen LogP contribution in [0.5, 0.6) is 11.5 Å². The Morgan fingerprint density at radius 2 is 1.45 bits per heavy atom. The highest BCUT2D eigenvalue weighted by Gasteiger charge is 2.14. The summed E-state index contributed by atoms with van der Waals surface area (Å²) in [7, 11) is 0. The molecule has 4 aromatic rings. The van der Waals surface area contributed by atoms with Gasteiger partial charge >= 0.3 is 5.97 Å². The Morgan fingerprint density at radius 3 is 2.20 bits per heavy atom. The van der Waals surface area contributed by atoms with Crippen LogP contribution in [-0.4, -0.2) is 29.3 Å². The number of nitrogens with one attached hydrogen (secondary N) is 2. The maximum Gasteiger partial charge on any atom is 0.306 e. The first-order chi connectivity index (χ1) is 19.3. The highest BCUT2D eigenvalue weighted by atomic mass is 16.6. The fourth-order valence-electron chi connectivity index (χ4n) is 3.89. The van der Waals surface area contributed by atoms with E-state index in [2.05, 4.69) is 10.6 Å². The van der Waals surface area contributed by atoms with Gasteiger partial charge < -0.3 is 20.1 Å². The molecule has 0 heterocycles. The zero-order chi connectivity index (χ0) is 28.5. The van der Waals surface area contributed by atoms with Crippen molar-refractivity contribution in [1.82, 2.24) is 0 Å². The molecule has 204 valence electrons. The predicted molar refractivity (Wildman–Crippen MR) is 150 cm³/mol. The lowest BCUT2D eigenvalue weighted by Crippen LogP contribution is -2.21. The highest BCUT2D eigenvalue weighted by Crippen LogP contribution is 2.27. The summed E-state index contributed by atoms with van der Waals surface area (Å²) in [4.78, 5) is 46.7. The molecule has 0 saturated carbocycles. The van der Waals surface area contributed by atoms with Crippen molar-refractivity contribution in [2.75, 3.05) is 17.2 Å². The molecule has 0 bridgehead atoms. The molecular formula is C30H27N3O7. The van der Waals surface area contributed by atoms with E-state index in [1.54, 1.807) is 31.2 Å². The average Bonchev–Trinajstić information content (AvgIpc) is 2.94. The summed E-state index contributed by atoms with van der Waals surface area (Å²) in [5.41, 5.74) is 1.15. The molecule has 2 amide bonds. The molecule has 40 heavy (non-hydrogen) atoms. The maximum absolute atomic E-state index is 12.3. The number of fused-ring (bicyclic) bond motifs is 1. The van der Waals surface area contributed by atoms with Crippen LogP contribution >= 0.6 is 0 Å². The molecule has 0 saturated heterocycles. The summed E-state index contributed by atoms with van der Waals surface area (Å²) >= 11 is 0. The molecule has 0 aliphatic heterocycles. The number of carbonyl (C=O) groups excluding carboxylic acids is 3. The molecule has 4 rings (SSSR count). The second-order valence-corrected chi connectivity index (χ2v) is 9.00. The minimum atomic E-state index is -0.631. The van der Waals surface area contributed by atoms with Gasteiger partial charge in [-0.25, -0.2) is 0 Å².